The number of rotatable bonds is 33. The number of amides is 3. The maximum absolute atomic E-state index is 14.0. The van der Waals surface area contributed by atoms with E-state index in [9.17, 15) is 43.2 Å². The number of carbonyl (C=O) groups excluding carboxylic acids is 7. The van der Waals surface area contributed by atoms with Gasteiger partial charge in [-0.3, -0.25) is 42.9 Å². The summed E-state index contributed by atoms with van der Waals surface area (Å²) < 4.78 is 51.7. The Morgan fingerprint density at radius 2 is 1.15 bits per heavy atom. The standard InChI is InChI=1S/C59H71N7O18/c1-38-33-47-49(34-39(38)2)66(36-50(82-41(4)68)56(84-43(6)70)51(83-42(5)69)37-81-40(3)67)57-55(62-47)58(74)64(59(75)63-57)22-26-77-24-20-61-53(72)19-23-76-27-29-79-31-32-80-30-28-78-25-21-60-52(71)17-18-54(73)65-35-46-13-8-7-11-44(46)15-16-45-12-9-10-14-48(45)65/h7-14,33-34,50-51,56H,17-32,35-37H2,1-6H3,(H,60,71)(H,61,72)/t50-,51+,56-/m1/s1. The summed E-state index contributed by atoms with van der Waals surface area (Å²) in [6.45, 7) is 9.82. The summed E-state index contributed by atoms with van der Waals surface area (Å²) in [6, 6.07) is 18.7. The molecular weight excluding hydrogens is 1090 g/mol. The lowest BCUT2D eigenvalue weighted by molar-refractivity contribution is -0.190. The number of nitrogens with zero attached hydrogens (tertiary/aromatic N) is 5. The van der Waals surface area contributed by atoms with E-state index in [-0.39, 0.29) is 108 Å². The zero-order valence-corrected chi connectivity index (χ0v) is 48.0. The number of anilines is 1. The van der Waals surface area contributed by atoms with Crippen molar-refractivity contribution in [2.45, 2.75) is 98.8 Å². The third-order valence-electron chi connectivity index (χ3n) is 12.9. The second kappa shape index (κ2) is 33.0. The van der Waals surface area contributed by atoms with Crippen LogP contribution in [0.4, 0.5) is 5.69 Å². The number of hydrogen-bond donors (Lipinski definition) is 2. The predicted octanol–water partition coefficient (Wildman–Crippen LogP) is 2.47. The molecular formula is C59H71N7O18. The molecule has 3 aliphatic heterocycles. The lowest BCUT2D eigenvalue weighted by Gasteiger charge is -2.32. The van der Waals surface area contributed by atoms with Gasteiger partial charge in [0.05, 0.1) is 102 Å². The van der Waals surface area contributed by atoms with Crippen LogP contribution in [0.2, 0.25) is 0 Å². The van der Waals surface area contributed by atoms with E-state index in [0.717, 1.165) is 65.8 Å². The Hall–Kier alpha value is -8.41. The molecule has 3 atom stereocenters. The summed E-state index contributed by atoms with van der Waals surface area (Å²) in [4.78, 5) is 125. The van der Waals surface area contributed by atoms with Gasteiger partial charge in [0.2, 0.25) is 17.7 Å². The number of ether oxygens (including phenoxy) is 9. The molecule has 0 aromatic heterocycles. The Morgan fingerprint density at radius 3 is 1.81 bits per heavy atom. The van der Waals surface area contributed by atoms with Gasteiger partial charge in [-0.1, -0.05) is 42.2 Å². The lowest BCUT2D eigenvalue weighted by atomic mass is 10.0. The van der Waals surface area contributed by atoms with Crippen molar-refractivity contribution in [2.24, 2.45) is 0 Å². The van der Waals surface area contributed by atoms with E-state index in [1.165, 1.54) is 4.57 Å². The van der Waals surface area contributed by atoms with E-state index >= 15 is 0 Å². The van der Waals surface area contributed by atoms with Gasteiger partial charge in [0.25, 0.3) is 5.56 Å². The Morgan fingerprint density at radius 1 is 0.595 bits per heavy atom. The van der Waals surface area contributed by atoms with Crippen LogP contribution in [0.1, 0.15) is 74.8 Å². The highest BCUT2D eigenvalue weighted by molar-refractivity contribution is 5.97. The van der Waals surface area contributed by atoms with Gasteiger partial charge in [-0.2, -0.15) is 4.98 Å². The molecule has 0 aliphatic carbocycles. The number of esters is 4. The van der Waals surface area contributed by atoms with Gasteiger partial charge in [0, 0.05) is 71.2 Å². The number of nitrogens with one attached hydrogen (secondary N) is 2. The third kappa shape index (κ3) is 19.9. The molecule has 0 saturated heterocycles. The monoisotopic (exact) mass is 1170 g/mol. The van der Waals surface area contributed by atoms with Gasteiger partial charge in [-0.25, -0.2) is 9.78 Å². The van der Waals surface area contributed by atoms with Crippen LogP contribution >= 0.6 is 0 Å². The van der Waals surface area contributed by atoms with Gasteiger partial charge >= 0.3 is 29.6 Å². The molecule has 0 bridgehead atoms. The fourth-order valence-corrected chi connectivity index (χ4v) is 8.75. The Balaban J connectivity index is 0.844. The van der Waals surface area contributed by atoms with Crippen LogP contribution in [0.5, 0.6) is 0 Å². The fraction of sp³-hybridized carbons (Fsp3) is 0.475. The Kier molecular flexibility index (Phi) is 25.5. The average molecular weight is 1170 g/mol. The maximum atomic E-state index is 14.0. The lowest BCUT2D eigenvalue weighted by Crippen LogP contribution is -2.49. The van der Waals surface area contributed by atoms with Crippen molar-refractivity contribution >= 4 is 58.3 Å². The normalized spacial score (nSPS) is 12.8. The molecule has 450 valence electrons. The first-order valence-corrected chi connectivity index (χ1v) is 27.4. The first-order valence-electron chi connectivity index (χ1n) is 27.4. The van der Waals surface area contributed by atoms with Crippen LogP contribution in [0.3, 0.4) is 0 Å². The molecule has 0 unspecified atom stereocenters. The van der Waals surface area contributed by atoms with Gasteiger partial charge in [-0.05, 0) is 60.9 Å². The van der Waals surface area contributed by atoms with E-state index in [4.69, 9.17) is 42.6 Å². The van der Waals surface area contributed by atoms with Crippen LogP contribution < -0.4 is 26.8 Å². The minimum Gasteiger partial charge on any atom is -0.462 e. The molecule has 3 aliphatic rings. The van der Waals surface area contributed by atoms with Gasteiger partial charge < -0.3 is 62.7 Å². The second-order valence-corrected chi connectivity index (χ2v) is 19.3. The van der Waals surface area contributed by atoms with E-state index in [1.807, 2.05) is 62.4 Å². The molecule has 25 nitrogen and oxygen atoms in total. The molecule has 84 heavy (non-hydrogen) atoms. The number of aryl methyl sites for hydroxylation is 2. The number of benzene rings is 3. The van der Waals surface area contributed by atoms with Crippen LogP contribution in [0.15, 0.2) is 70.3 Å². The molecule has 6 rings (SSSR count). The van der Waals surface area contributed by atoms with Crippen molar-refractivity contribution in [3.63, 3.8) is 0 Å². The molecule has 25 heteroatoms. The Labute approximate surface area is 484 Å². The van der Waals surface area contributed by atoms with Gasteiger partial charge in [0.15, 0.2) is 29.8 Å². The molecule has 0 radical (unpaired) electrons. The first-order chi connectivity index (χ1) is 40.4. The van der Waals surface area contributed by atoms with Crippen molar-refractivity contribution in [1.29, 1.82) is 0 Å². The summed E-state index contributed by atoms with van der Waals surface area (Å²) in [5.41, 5.74) is 3.57. The molecule has 3 heterocycles. The van der Waals surface area contributed by atoms with Crippen LogP contribution in [0, 0.1) is 25.7 Å². The number of hydrogen-bond acceptors (Lipinski definition) is 20. The number of fused-ring (bicyclic) bond motifs is 4. The van der Waals surface area contributed by atoms with Gasteiger partial charge in [-0.15, -0.1) is 0 Å². The molecule has 0 fully saturated rings. The SMILES string of the molecule is CC(=O)OC[C@H](OC(C)=O)[C@H](OC(C)=O)[C@@H](Cn1c2nc(=O)n(CCOCCNC(=O)CCOCCOCCOCCOCCNC(=O)CCC(=O)N3Cc4ccccc4C#Cc4ccccc43)c(=O)c-2nc2cc(C)c(C)cc21)OC(C)=O. The topological polar surface area (TPSA) is 300 Å². The average Bonchev–Trinajstić information content (AvgIpc) is 3.26. The van der Waals surface area contributed by atoms with Crippen LogP contribution in [-0.4, -0.2) is 165 Å². The van der Waals surface area contributed by atoms with E-state index < -0.39 is 66.6 Å². The van der Waals surface area contributed by atoms with Crippen molar-refractivity contribution in [3.8, 4) is 23.4 Å². The van der Waals surface area contributed by atoms with Crippen molar-refractivity contribution in [3.05, 3.63) is 109 Å². The zero-order chi connectivity index (χ0) is 60.5. The van der Waals surface area contributed by atoms with Crippen LogP contribution in [-0.2, 0) is 95.8 Å². The minimum atomic E-state index is -1.56. The molecule has 3 aromatic carbocycles. The number of para-hydroxylation sites is 1. The van der Waals surface area contributed by atoms with Gasteiger partial charge in [0.1, 0.15) is 6.61 Å². The zero-order valence-electron chi connectivity index (χ0n) is 48.0. The summed E-state index contributed by atoms with van der Waals surface area (Å²) in [5.74, 6) is 2.24. The third-order valence-corrected chi connectivity index (χ3v) is 12.9. The fourth-order valence-electron chi connectivity index (χ4n) is 8.75. The Bertz CT molecular complexity index is 3280. The molecule has 3 amide bonds. The highest BCUT2D eigenvalue weighted by atomic mass is 16.6. The molecule has 3 aromatic rings. The smallest absolute Gasteiger partial charge is 0.352 e. The highest BCUT2D eigenvalue weighted by Crippen LogP contribution is 2.28. The first kappa shape index (κ1) is 64.8. The quantitative estimate of drug-likeness (QED) is 0.0200. The maximum Gasteiger partial charge on any atom is 0.352 e. The highest BCUT2D eigenvalue weighted by Gasteiger charge is 2.39. The van der Waals surface area contributed by atoms with Crippen molar-refractivity contribution < 1.29 is 76.2 Å². The van der Waals surface area contributed by atoms with Crippen molar-refractivity contribution in [1.82, 2.24) is 29.7 Å². The number of carbonyl (C=O) groups is 7. The summed E-state index contributed by atoms with van der Waals surface area (Å²) in [5, 5.41) is 5.51. The minimum absolute atomic E-state index is 0.0370. The van der Waals surface area contributed by atoms with E-state index in [2.05, 4.69) is 32.4 Å². The largest absolute Gasteiger partial charge is 0.462 e. The second-order valence-electron chi connectivity index (χ2n) is 19.3. The van der Waals surface area contributed by atoms with E-state index in [0.29, 0.717) is 44.0 Å². The van der Waals surface area contributed by atoms with Crippen molar-refractivity contribution in [2.75, 3.05) is 90.7 Å². The molecule has 0 spiro atoms. The summed E-state index contributed by atoms with van der Waals surface area (Å²) in [7, 11) is 0. The predicted molar refractivity (Wildman–Crippen MR) is 301 cm³/mol. The van der Waals surface area contributed by atoms with E-state index in [1.54, 1.807) is 17.0 Å². The molecule has 0 saturated carbocycles. The molecule has 2 N–H and O–H groups in total. The summed E-state index contributed by atoms with van der Waals surface area (Å²) >= 11 is 0. The summed E-state index contributed by atoms with van der Waals surface area (Å²) in [6.07, 6.45) is -4.32. The number of aromatic nitrogens is 4. The van der Waals surface area contributed by atoms with Crippen LogP contribution in [0.25, 0.3) is 22.6 Å².